The van der Waals surface area contributed by atoms with Gasteiger partial charge >= 0.3 is 0 Å². The van der Waals surface area contributed by atoms with Crippen LogP contribution in [0.2, 0.25) is 0 Å². The quantitative estimate of drug-likeness (QED) is 0.596. The average molecular weight is 240 g/mol. The first-order chi connectivity index (χ1) is 6.33. The van der Waals surface area contributed by atoms with Gasteiger partial charge < -0.3 is 4.74 Å². The SMILES string of the molecule is C#CCCCOc1cncc(Br)c1. The molecule has 68 valence electrons. The zero-order valence-corrected chi connectivity index (χ0v) is 8.75. The maximum Gasteiger partial charge on any atom is 0.138 e. The van der Waals surface area contributed by atoms with Crippen molar-refractivity contribution in [3.8, 4) is 18.1 Å². The fourth-order valence-electron chi connectivity index (χ4n) is 0.836. The number of hydrogen-bond donors (Lipinski definition) is 0. The Morgan fingerprint density at radius 3 is 3.08 bits per heavy atom. The minimum Gasteiger partial charge on any atom is -0.492 e. The van der Waals surface area contributed by atoms with Crippen LogP contribution in [-0.4, -0.2) is 11.6 Å². The predicted octanol–water partition coefficient (Wildman–Crippen LogP) is 2.64. The third-order valence-electron chi connectivity index (χ3n) is 1.41. The lowest BCUT2D eigenvalue weighted by molar-refractivity contribution is 0.311. The standard InChI is InChI=1S/C10H10BrNO/c1-2-3-4-5-13-10-6-9(11)7-12-8-10/h1,6-8H,3-5H2. The molecule has 0 amide bonds. The number of ether oxygens (including phenoxy) is 1. The second-order valence-electron chi connectivity index (χ2n) is 2.50. The van der Waals surface area contributed by atoms with Crippen LogP contribution in [0.5, 0.6) is 5.75 Å². The fourth-order valence-corrected chi connectivity index (χ4v) is 1.18. The molecule has 0 atom stereocenters. The Hall–Kier alpha value is -1.01. The summed E-state index contributed by atoms with van der Waals surface area (Å²) in [7, 11) is 0. The van der Waals surface area contributed by atoms with Crippen molar-refractivity contribution in [3.05, 3.63) is 22.9 Å². The highest BCUT2D eigenvalue weighted by Crippen LogP contribution is 2.15. The summed E-state index contributed by atoms with van der Waals surface area (Å²) in [6.07, 6.45) is 10.1. The Bertz CT molecular complexity index is 306. The lowest BCUT2D eigenvalue weighted by Gasteiger charge is -2.03. The second-order valence-corrected chi connectivity index (χ2v) is 3.41. The number of pyridine rings is 1. The predicted molar refractivity (Wildman–Crippen MR) is 55.5 cm³/mol. The van der Waals surface area contributed by atoms with Gasteiger partial charge in [0.05, 0.1) is 12.8 Å². The molecular weight excluding hydrogens is 230 g/mol. The maximum absolute atomic E-state index is 5.40. The van der Waals surface area contributed by atoms with Crippen LogP contribution >= 0.6 is 15.9 Å². The summed E-state index contributed by atoms with van der Waals surface area (Å²) in [5.41, 5.74) is 0. The lowest BCUT2D eigenvalue weighted by atomic mass is 10.3. The summed E-state index contributed by atoms with van der Waals surface area (Å²) in [4.78, 5) is 3.97. The van der Waals surface area contributed by atoms with E-state index >= 15 is 0 Å². The van der Waals surface area contributed by atoms with Gasteiger partial charge in [-0.2, -0.15) is 0 Å². The highest BCUT2D eigenvalue weighted by atomic mass is 79.9. The number of halogens is 1. The molecule has 3 heteroatoms. The Morgan fingerprint density at radius 1 is 1.54 bits per heavy atom. The number of aromatic nitrogens is 1. The molecule has 0 aliphatic heterocycles. The van der Waals surface area contributed by atoms with E-state index in [1.165, 1.54) is 0 Å². The van der Waals surface area contributed by atoms with Crippen LogP contribution in [0, 0.1) is 12.3 Å². The number of unbranched alkanes of at least 4 members (excludes halogenated alkanes) is 1. The van der Waals surface area contributed by atoms with Crippen LogP contribution in [0.15, 0.2) is 22.9 Å². The van der Waals surface area contributed by atoms with Crippen molar-refractivity contribution in [2.24, 2.45) is 0 Å². The normalized spacial score (nSPS) is 9.23. The van der Waals surface area contributed by atoms with Gasteiger partial charge in [0, 0.05) is 17.1 Å². The molecule has 0 spiro atoms. The van der Waals surface area contributed by atoms with E-state index in [-0.39, 0.29) is 0 Å². The van der Waals surface area contributed by atoms with Gasteiger partial charge in [-0.25, -0.2) is 0 Å². The van der Waals surface area contributed by atoms with Gasteiger partial charge in [-0.05, 0) is 28.4 Å². The third-order valence-corrected chi connectivity index (χ3v) is 1.85. The van der Waals surface area contributed by atoms with Crippen molar-refractivity contribution in [2.45, 2.75) is 12.8 Å². The first-order valence-electron chi connectivity index (χ1n) is 4.00. The van der Waals surface area contributed by atoms with Crippen molar-refractivity contribution in [1.82, 2.24) is 4.98 Å². The van der Waals surface area contributed by atoms with E-state index in [1.807, 2.05) is 6.07 Å². The molecule has 13 heavy (non-hydrogen) atoms. The Morgan fingerprint density at radius 2 is 2.38 bits per heavy atom. The molecule has 1 aromatic heterocycles. The summed E-state index contributed by atoms with van der Waals surface area (Å²) in [5.74, 6) is 3.33. The summed E-state index contributed by atoms with van der Waals surface area (Å²) in [6.45, 7) is 0.641. The second kappa shape index (κ2) is 5.60. The summed E-state index contributed by atoms with van der Waals surface area (Å²) >= 11 is 3.31. The first kappa shape index (κ1) is 10.1. The van der Waals surface area contributed by atoms with Gasteiger partial charge in [-0.3, -0.25) is 4.98 Å². The van der Waals surface area contributed by atoms with E-state index < -0.39 is 0 Å². The molecule has 0 radical (unpaired) electrons. The minimum atomic E-state index is 0.641. The monoisotopic (exact) mass is 239 g/mol. The first-order valence-corrected chi connectivity index (χ1v) is 4.79. The largest absolute Gasteiger partial charge is 0.492 e. The van der Waals surface area contributed by atoms with E-state index in [4.69, 9.17) is 11.2 Å². The highest BCUT2D eigenvalue weighted by Gasteiger charge is 1.94. The third kappa shape index (κ3) is 3.95. The molecule has 0 aromatic carbocycles. The molecular formula is C10H10BrNO. The summed E-state index contributed by atoms with van der Waals surface area (Å²) in [5, 5.41) is 0. The van der Waals surface area contributed by atoms with Crippen LogP contribution in [0.4, 0.5) is 0 Å². The topological polar surface area (TPSA) is 22.1 Å². The Labute approximate surface area is 86.5 Å². The Balaban J connectivity index is 2.33. The molecule has 0 saturated heterocycles. The van der Waals surface area contributed by atoms with Gasteiger partial charge in [-0.15, -0.1) is 12.3 Å². The van der Waals surface area contributed by atoms with E-state index in [1.54, 1.807) is 12.4 Å². The smallest absolute Gasteiger partial charge is 0.138 e. The zero-order valence-electron chi connectivity index (χ0n) is 7.16. The van der Waals surface area contributed by atoms with Crippen molar-refractivity contribution >= 4 is 15.9 Å². The van der Waals surface area contributed by atoms with Gasteiger partial charge in [0.1, 0.15) is 5.75 Å². The highest BCUT2D eigenvalue weighted by molar-refractivity contribution is 9.10. The minimum absolute atomic E-state index is 0.641. The maximum atomic E-state index is 5.40. The average Bonchev–Trinajstić information content (AvgIpc) is 2.13. The number of terminal acetylenes is 1. The van der Waals surface area contributed by atoms with Crippen molar-refractivity contribution < 1.29 is 4.74 Å². The van der Waals surface area contributed by atoms with E-state index in [0.29, 0.717) is 6.61 Å². The number of nitrogens with zero attached hydrogens (tertiary/aromatic N) is 1. The number of rotatable bonds is 4. The van der Waals surface area contributed by atoms with Gasteiger partial charge in [-0.1, -0.05) is 0 Å². The van der Waals surface area contributed by atoms with Crippen LogP contribution < -0.4 is 4.74 Å². The van der Waals surface area contributed by atoms with Crippen molar-refractivity contribution in [1.29, 1.82) is 0 Å². The summed E-state index contributed by atoms with van der Waals surface area (Å²) in [6, 6.07) is 1.88. The molecule has 0 aliphatic carbocycles. The van der Waals surface area contributed by atoms with Crippen molar-refractivity contribution in [3.63, 3.8) is 0 Å². The molecule has 0 N–H and O–H groups in total. The fraction of sp³-hybridized carbons (Fsp3) is 0.300. The zero-order chi connectivity index (χ0) is 9.52. The Kier molecular flexibility index (Phi) is 4.34. The van der Waals surface area contributed by atoms with E-state index in [9.17, 15) is 0 Å². The summed E-state index contributed by atoms with van der Waals surface area (Å²) < 4.78 is 6.32. The number of hydrogen-bond acceptors (Lipinski definition) is 2. The van der Waals surface area contributed by atoms with Crippen LogP contribution in [0.3, 0.4) is 0 Å². The van der Waals surface area contributed by atoms with Crippen LogP contribution in [0.25, 0.3) is 0 Å². The molecule has 0 bridgehead atoms. The van der Waals surface area contributed by atoms with Crippen LogP contribution in [-0.2, 0) is 0 Å². The molecule has 0 aliphatic rings. The molecule has 0 saturated carbocycles. The van der Waals surface area contributed by atoms with Gasteiger partial charge in [0.2, 0.25) is 0 Å². The van der Waals surface area contributed by atoms with E-state index in [2.05, 4.69) is 26.8 Å². The molecule has 1 aromatic rings. The molecule has 0 fully saturated rings. The molecule has 0 unspecified atom stereocenters. The van der Waals surface area contributed by atoms with Crippen LogP contribution in [0.1, 0.15) is 12.8 Å². The molecule has 2 nitrogen and oxygen atoms in total. The van der Waals surface area contributed by atoms with Crippen molar-refractivity contribution in [2.75, 3.05) is 6.61 Å². The lowest BCUT2D eigenvalue weighted by Crippen LogP contribution is -1.96. The van der Waals surface area contributed by atoms with Gasteiger partial charge in [0.25, 0.3) is 0 Å². The van der Waals surface area contributed by atoms with Gasteiger partial charge in [0.15, 0.2) is 0 Å². The van der Waals surface area contributed by atoms with E-state index in [0.717, 1.165) is 23.1 Å². The molecule has 1 rings (SSSR count). The molecule has 1 heterocycles.